The summed E-state index contributed by atoms with van der Waals surface area (Å²) in [6.07, 6.45) is 1.63. The zero-order valence-corrected chi connectivity index (χ0v) is 18.3. The van der Waals surface area contributed by atoms with Crippen molar-refractivity contribution < 1.29 is 22.4 Å². The molecule has 1 fully saturated rings. The molecule has 9 heteroatoms. The van der Waals surface area contributed by atoms with Crippen LogP contribution in [0.3, 0.4) is 0 Å². The maximum absolute atomic E-state index is 13.6. The van der Waals surface area contributed by atoms with Crippen molar-refractivity contribution in [1.29, 1.82) is 0 Å². The van der Waals surface area contributed by atoms with E-state index in [-0.39, 0.29) is 16.0 Å². The third kappa shape index (κ3) is 4.94. The molecule has 1 aliphatic rings. The van der Waals surface area contributed by atoms with Crippen LogP contribution in [0.4, 0.5) is 4.39 Å². The highest BCUT2D eigenvalue weighted by Gasteiger charge is 2.30. The van der Waals surface area contributed by atoms with Crippen LogP contribution >= 0.6 is 0 Å². The Morgan fingerprint density at radius 1 is 1.13 bits per heavy atom. The average Bonchev–Trinajstić information content (AvgIpc) is 2.73. The Kier molecular flexibility index (Phi) is 6.76. The van der Waals surface area contributed by atoms with Crippen molar-refractivity contribution >= 4 is 21.8 Å². The first-order valence-corrected chi connectivity index (χ1v) is 11.5. The fourth-order valence-corrected chi connectivity index (χ4v) is 5.19. The smallest absolute Gasteiger partial charge is 0.254 e. The molecule has 0 radical (unpaired) electrons. The zero-order valence-electron chi connectivity index (χ0n) is 17.5. The van der Waals surface area contributed by atoms with Crippen molar-refractivity contribution in [2.45, 2.75) is 30.7 Å². The fourth-order valence-electron chi connectivity index (χ4n) is 3.72. The molecule has 1 saturated heterocycles. The first-order chi connectivity index (χ1) is 14.6. The van der Waals surface area contributed by atoms with Gasteiger partial charge in [-0.2, -0.15) is 4.31 Å². The first kappa shape index (κ1) is 22.9. The molecule has 166 valence electrons. The van der Waals surface area contributed by atoms with E-state index < -0.39 is 33.7 Å². The molecule has 1 atom stereocenters. The lowest BCUT2D eigenvalue weighted by Crippen LogP contribution is -2.39. The van der Waals surface area contributed by atoms with Crippen LogP contribution in [-0.4, -0.2) is 49.6 Å². The minimum Gasteiger partial charge on any atom is -0.368 e. The Hall–Kier alpha value is -2.78. The third-order valence-corrected chi connectivity index (χ3v) is 7.54. The molecule has 1 aliphatic heterocycles. The van der Waals surface area contributed by atoms with E-state index in [0.29, 0.717) is 19.0 Å². The molecule has 1 heterocycles. The summed E-state index contributed by atoms with van der Waals surface area (Å²) < 4.78 is 40.8. The van der Waals surface area contributed by atoms with Gasteiger partial charge < -0.3 is 10.6 Å². The Bertz CT molecular complexity index is 1060. The molecular formula is C22H26FN3O4S. The summed E-state index contributed by atoms with van der Waals surface area (Å²) >= 11 is 0. The second kappa shape index (κ2) is 9.15. The normalized spacial score (nSPS) is 16.6. The molecule has 0 spiro atoms. The van der Waals surface area contributed by atoms with Gasteiger partial charge in [0.15, 0.2) is 0 Å². The van der Waals surface area contributed by atoms with Gasteiger partial charge in [0.1, 0.15) is 11.9 Å². The van der Waals surface area contributed by atoms with Crippen molar-refractivity contribution in [2.75, 3.05) is 20.1 Å². The number of likely N-dealkylation sites (N-methyl/N-ethyl adjacent to an activating group) is 1. The summed E-state index contributed by atoms with van der Waals surface area (Å²) in [4.78, 5) is 26.1. The van der Waals surface area contributed by atoms with Crippen LogP contribution in [0.1, 0.15) is 41.7 Å². The van der Waals surface area contributed by atoms with Gasteiger partial charge in [0.2, 0.25) is 15.9 Å². The van der Waals surface area contributed by atoms with Crippen LogP contribution in [0.25, 0.3) is 0 Å². The van der Waals surface area contributed by atoms with Crippen molar-refractivity contribution in [2.24, 2.45) is 11.7 Å². The highest BCUT2D eigenvalue weighted by atomic mass is 32.2. The lowest BCUT2D eigenvalue weighted by Gasteiger charge is -2.29. The van der Waals surface area contributed by atoms with Gasteiger partial charge in [-0.25, -0.2) is 12.8 Å². The van der Waals surface area contributed by atoms with E-state index in [0.717, 1.165) is 23.8 Å². The molecule has 2 aromatic rings. The Labute approximate surface area is 181 Å². The summed E-state index contributed by atoms with van der Waals surface area (Å²) in [7, 11) is -2.24. The van der Waals surface area contributed by atoms with Gasteiger partial charge in [0.05, 0.1) is 4.90 Å². The number of benzene rings is 2. The number of hydrogen-bond acceptors (Lipinski definition) is 4. The Balaban J connectivity index is 1.81. The third-order valence-electron chi connectivity index (χ3n) is 5.62. The van der Waals surface area contributed by atoms with E-state index in [9.17, 15) is 22.4 Å². The van der Waals surface area contributed by atoms with Gasteiger partial charge in [-0.15, -0.1) is 0 Å². The van der Waals surface area contributed by atoms with Crippen LogP contribution in [0, 0.1) is 11.7 Å². The van der Waals surface area contributed by atoms with Gasteiger partial charge in [-0.05, 0) is 60.7 Å². The molecule has 3 rings (SSSR count). The van der Waals surface area contributed by atoms with Crippen molar-refractivity contribution in [3.05, 3.63) is 65.5 Å². The number of primary amides is 1. The highest BCUT2D eigenvalue weighted by Crippen LogP contribution is 2.25. The number of sulfonamides is 1. The number of rotatable bonds is 6. The summed E-state index contributed by atoms with van der Waals surface area (Å²) in [5.41, 5.74) is 5.91. The molecule has 0 bridgehead atoms. The van der Waals surface area contributed by atoms with E-state index in [1.165, 1.54) is 53.8 Å². The second-order valence-corrected chi connectivity index (χ2v) is 9.82. The van der Waals surface area contributed by atoms with Crippen LogP contribution < -0.4 is 5.73 Å². The molecule has 2 N–H and O–H groups in total. The maximum atomic E-state index is 13.6. The summed E-state index contributed by atoms with van der Waals surface area (Å²) in [6, 6.07) is 9.73. The average molecular weight is 448 g/mol. The van der Waals surface area contributed by atoms with Crippen molar-refractivity contribution in [3.8, 4) is 0 Å². The topological polar surface area (TPSA) is 101 Å². The second-order valence-electron chi connectivity index (χ2n) is 7.89. The van der Waals surface area contributed by atoms with Gasteiger partial charge >= 0.3 is 0 Å². The van der Waals surface area contributed by atoms with Gasteiger partial charge in [0, 0.05) is 25.7 Å². The van der Waals surface area contributed by atoms with Gasteiger partial charge in [-0.1, -0.05) is 19.1 Å². The van der Waals surface area contributed by atoms with E-state index in [4.69, 9.17) is 5.73 Å². The van der Waals surface area contributed by atoms with Crippen molar-refractivity contribution in [1.82, 2.24) is 9.21 Å². The van der Waals surface area contributed by atoms with Gasteiger partial charge in [0.25, 0.3) is 5.91 Å². The van der Waals surface area contributed by atoms with E-state index in [2.05, 4.69) is 6.92 Å². The minimum absolute atomic E-state index is 0.109. The number of nitrogens with zero attached hydrogens (tertiary/aromatic N) is 2. The summed E-state index contributed by atoms with van der Waals surface area (Å²) in [5, 5.41) is 0. The zero-order chi connectivity index (χ0) is 22.8. The Morgan fingerprint density at radius 2 is 1.74 bits per heavy atom. The number of carbonyl (C=O) groups is 2. The van der Waals surface area contributed by atoms with Crippen LogP contribution in [0.15, 0.2) is 53.4 Å². The predicted molar refractivity (Wildman–Crippen MR) is 114 cm³/mol. The Morgan fingerprint density at radius 3 is 2.29 bits per heavy atom. The van der Waals surface area contributed by atoms with Crippen LogP contribution in [-0.2, 0) is 14.8 Å². The summed E-state index contributed by atoms with van der Waals surface area (Å²) in [6.45, 7) is 3.05. The monoisotopic (exact) mass is 447 g/mol. The number of halogens is 1. The largest absolute Gasteiger partial charge is 0.368 e. The van der Waals surface area contributed by atoms with Crippen LogP contribution in [0.5, 0.6) is 0 Å². The molecule has 0 aliphatic carbocycles. The van der Waals surface area contributed by atoms with E-state index in [1.807, 2.05) is 0 Å². The molecule has 0 saturated carbocycles. The maximum Gasteiger partial charge on any atom is 0.254 e. The molecule has 0 aromatic heterocycles. The molecule has 1 unspecified atom stereocenters. The minimum atomic E-state index is -3.63. The predicted octanol–water partition coefficient (Wildman–Crippen LogP) is 2.54. The number of nitrogens with two attached hydrogens (primary N) is 1. The van der Waals surface area contributed by atoms with Gasteiger partial charge in [-0.3, -0.25) is 9.59 Å². The summed E-state index contributed by atoms with van der Waals surface area (Å²) in [5.74, 6) is -1.40. The SMILES string of the molecule is CC1CCN(S(=O)(=O)c2ccc(C(=O)N(C)C(C(N)=O)c3cccc(F)c3)cc2)CC1. The number of amides is 2. The molecule has 2 aromatic carbocycles. The quantitative estimate of drug-likeness (QED) is 0.735. The number of hydrogen-bond donors (Lipinski definition) is 1. The fraction of sp³-hybridized carbons (Fsp3) is 0.364. The van der Waals surface area contributed by atoms with E-state index in [1.54, 1.807) is 0 Å². The lowest BCUT2D eigenvalue weighted by molar-refractivity contribution is -0.122. The number of carbonyl (C=O) groups excluding carboxylic acids is 2. The first-order valence-electron chi connectivity index (χ1n) is 10.0. The molecule has 2 amide bonds. The molecule has 7 nitrogen and oxygen atoms in total. The highest BCUT2D eigenvalue weighted by molar-refractivity contribution is 7.89. The number of piperidine rings is 1. The van der Waals surface area contributed by atoms with Crippen LogP contribution in [0.2, 0.25) is 0 Å². The molecule has 31 heavy (non-hydrogen) atoms. The van der Waals surface area contributed by atoms with Crippen molar-refractivity contribution in [3.63, 3.8) is 0 Å². The molecular weight excluding hydrogens is 421 g/mol. The standard InChI is InChI=1S/C22H26FN3O4S/c1-15-10-12-26(13-11-15)31(29,30)19-8-6-16(7-9-19)22(28)25(2)20(21(24)27)17-4-3-5-18(23)14-17/h3-9,14-15,20H,10-13H2,1-2H3,(H2,24,27). The van der Waals surface area contributed by atoms with E-state index >= 15 is 0 Å². The lowest BCUT2D eigenvalue weighted by atomic mass is 10.0.